The molecule has 0 fully saturated rings. The number of carbonyl (C=O) groups is 1. The molecule has 0 unspecified atom stereocenters. The topological polar surface area (TPSA) is 82.2 Å². The third kappa shape index (κ3) is 2.75. The van der Waals surface area contributed by atoms with Gasteiger partial charge < -0.3 is 5.73 Å². The first-order chi connectivity index (χ1) is 9.51. The van der Waals surface area contributed by atoms with Crippen molar-refractivity contribution in [2.75, 3.05) is 12.0 Å². The Morgan fingerprint density at radius 3 is 2.60 bits per heavy atom. The van der Waals surface area contributed by atoms with Crippen LogP contribution in [0.5, 0.6) is 0 Å². The van der Waals surface area contributed by atoms with Gasteiger partial charge in [-0.05, 0) is 12.1 Å². The predicted octanol–water partition coefficient (Wildman–Crippen LogP) is 1.40. The van der Waals surface area contributed by atoms with Crippen LogP contribution >= 0.6 is 0 Å². The quantitative estimate of drug-likeness (QED) is 0.874. The Kier molecular flexibility index (Phi) is 3.66. The molecule has 0 atom stereocenters. The van der Waals surface area contributed by atoms with Gasteiger partial charge in [0.1, 0.15) is 5.69 Å². The molecule has 20 heavy (non-hydrogen) atoms. The number of nitrogens with two attached hydrogens (primary N) is 1. The summed E-state index contributed by atoms with van der Waals surface area (Å²) in [5, 5.41) is 9.92. The number of amides is 1. The normalized spacial score (nSPS) is 13.7. The minimum Gasteiger partial charge on any atom is -0.366 e. The minimum absolute atomic E-state index is 0.113. The van der Waals surface area contributed by atoms with Crippen LogP contribution in [-0.2, 0) is 4.79 Å². The van der Waals surface area contributed by atoms with Gasteiger partial charge in [-0.1, -0.05) is 12.2 Å². The fraction of sp³-hybridized carbons (Fsp3) is 0.0769. The standard InChI is InChI=1S/C13H10F2N4O/c14-10-4-8(6-16)5-11(15)12(10)18-19-3-1-2-9(7-19)13(17)20/h1-2,4-5,7,18H,3H2,(H2,17,20). The zero-order chi connectivity index (χ0) is 14.7. The number of hydrogen-bond acceptors (Lipinski definition) is 4. The SMILES string of the molecule is N#Cc1cc(F)c(NN2C=C(C(N)=O)C=CC2)c(F)c1. The molecule has 0 bridgehead atoms. The lowest BCUT2D eigenvalue weighted by molar-refractivity contribution is -0.114. The van der Waals surface area contributed by atoms with Crippen LogP contribution in [0, 0.1) is 23.0 Å². The van der Waals surface area contributed by atoms with Gasteiger partial charge in [0, 0.05) is 6.20 Å². The maximum atomic E-state index is 13.7. The summed E-state index contributed by atoms with van der Waals surface area (Å²) in [6, 6.07) is 3.50. The number of nitrogens with one attached hydrogen (secondary N) is 1. The fourth-order valence-corrected chi connectivity index (χ4v) is 1.67. The highest BCUT2D eigenvalue weighted by atomic mass is 19.1. The molecule has 0 aromatic heterocycles. The number of rotatable bonds is 3. The Labute approximate surface area is 113 Å². The van der Waals surface area contributed by atoms with E-state index < -0.39 is 23.2 Å². The molecular weight excluding hydrogens is 266 g/mol. The van der Waals surface area contributed by atoms with Crippen molar-refractivity contribution >= 4 is 11.6 Å². The highest BCUT2D eigenvalue weighted by molar-refractivity contribution is 5.94. The molecule has 102 valence electrons. The summed E-state index contributed by atoms with van der Waals surface area (Å²) >= 11 is 0. The number of anilines is 1. The van der Waals surface area contributed by atoms with Gasteiger partial charge in [-0.15, -0.1) is 0 Å². The Morgan fingerprint density at radius 1 is 1.40 bits per heavy atom. The van der Waals surface area contributed by atoms with E-state index in [1.807, 2.05) is 0 Å². The molecule has 0 aliphatic carbocycles. The van der Waals surface area contributed by atoms with Crippen LogP contribution < -0.4 is 11.2 Å². The van der Waals surface area contributed by atoms with Gasteiger partial charge in [0.05, 0.1) is 23.8 Å². The molecule has 5 nitrogen and oxygen atoms in total. The Morgan fingerprint density at radius 2 is 2.05 bits per heavy atom. The molecule has 1 aromatic rings. The molecule has 0 saturated carbocycles. The van der Waals surface area contributed by atoms with E-state index in [1.165, 1.54) is 17.3 Å². The smallest absolute Gasteiger partial charge is 0.250 e. The third-order valence-corrected chi connectivity index (χ3v) is 2.61. The lowest BCUT2D eigenvalue weighted by atomic mass is 10.2. The summed E-state index contributed by atoms with van der Waals surface area (Å²) in [5.74, 6) is -2.44. The van der Waals surface area contributed by atoms with Crippen molar-refractivity contribution in [1.29, 1.82) is 5.26 Å². The van der Waals surface area contributed by atoms with Crippen molar-refractivity contribution in [1.82, 2.24) is 5.01 Å². The first kappa shape index (κ1) is 13.5. The van der Waals surface area contributed by atoms with Crippen molar-refractivity contribution in [3.63, 3.8) is 0 Å². The lowest BCUT2D eigenvalue weighted by Crippen LogP contribution is -2.30. The first-order valence-electron chi connectivity index (χ1n) is 5.62. The number of hydrazine groups is 1. The van der Waals surface area contributed by atoms with Gasteiger partial charge in [-0.3, -0.25) is 15.2 Å². The largest absolute Gasteiger partial charge is 0.366 e. The number of hydrogen-bond donors (Lipinski definition) is 2. The Bertz CT molecular complexity index is 638. The molecule has 1 heterocycles. The molecule has 1 aliphatic rings. The average Bonchev–Trinajstić information content (AvgIpc) is 2.42. The van der Waals surface area contributed by atoms with E-state index >= 15 is 0 Å². The van der Waals surface area contributed by atoms with E-state index in [4.69, 9.17) is 11.0 Å². The zero-order valence-corrected chi connectivity index (χ0v) is 10.2. The Balaban J connectivity index is 2.26. The molecule has 1 aromatic carbocycles. The van der Waals surface area contributed by atoms with E-state index in [9.17, 15) is 13.6 Å². The van der Waals surface area contributed by atoms with E-state index in [1.54, 1.807) is 12.1 Å². The van der Waals surface area contributed by atoms with Gasteiger partial charge in [0.2, 0.25) is 5.91 Å². The Hall–Kier alpha value is -2.88. The second-order valence-electron chi connectivity index (χ2n) is 4.04. The fourth-order valence-electron chi connectivity index (χ4n) is 1.67. The number of carbonyl (C=O) groups excluding carboxylic acids is 1. The third-order valence-electron chi connectivity index (χ3n) is 2.61. The van der Waals surface area contributed by atoms with Gasteiger partial charge in [0.15, 0.2) is 11.6 Å². The molecule has 7 heteroatoms. The number of nitriles is 1. The molecular formula is C13H10F2N4O. The van der Waals surface area contributed by atoms with Gasteiger partial charge >= 0.3 is 0 Å². The minimum atomic E-state index is -0.898. The summed E-state index contributed by atoms with van der Waals surface area (Å²) in [4.78, 5) is 11.0. The van der Waals surface area contributed by atoms with Gasteiger partial charge in [0.25, 0.3) is 0 Å². The second-order valence-corrected chi connectivity index (χ2v) is 4.04. The maximum absolute atomic E-state index is 13.7. The van der Waals surface area contributed by atoms with E-state index in [2.05, 4.69) is 5.43 Å². The number of halogens is 2. The summed E-state index contributed by atoms with van der Waals surface area (Å²) in [5.41, 5.74) is 7.31. The number of primary amides is 1. The summed E-state index contributed by atoms with van der Waals surface area (Å²) in [6.07, 6.45) is 4.48. The predicted molar refractivity (Wildman–Crippen MR) is 67.8 cm³/mol. The summed E-state index contributed by atoms with van der Waals surface area (Å²) in [7, 11) is 0. The molecule has 2 rings (SSSR count). The van der Waals surface area contributed by atoms with E-state index in [0.717, 1.165) is 12.1 Å². The maximum Gasteiger partial charge on any atom is 0.250 e. The van der Waals surface area contributed by atoms with Crippen LogP contribution in [0.2, 0.25) is 0 Å². The van der Waals surface area contributed by atoms with Crippen molar-refractivity contribution < 1.29 is 13.6 Å². The van der Waals surface area contributed by atoms with Gasteiger partial charge in [-0.25, -0.2) is 8.78 Å². The molecule has 1 aliphatic heterocycles. The molecule has 0 saturated heterocycles. The highest BCUT2D eigenvalue weighted by Gasteiger charge is 2.15. The molecule has 3 N–H and O–H groups in total. The van der Waals surface area contributed by atoms with Crippen molar-refractivity contribution in [2.45, 2.75) is 0 Å². The van der Waals surface area contributed by atoms with Gasteiger partial charge in [-0.2, -0.15) is 5.26 Å². The van der Waals surface area contributed by atoms with Crippen LogP contribution in [0.15, 0.2) is 36.1 Å². The number of nitrogens with zero attached hydrogens (tertiary/aromatic N) is 2. The van der Waals surface area contributed by atoms with Crippen LogP contribution in [0.4, 0.5) is 14.5 Å². The zero-order valence-electron chi connectivity index (χ0n) is 10.2. The second kappa shape index (κ2) is 5.40. The number of benzene rings is 1. The van der Waals surface area contributed by atoms with Crippen LogP contribution in [0.1, 0.15) is 5.56 Å². The average molecular weight is 276 g/mol. The van der Waals surface area contributed by atoms with Crippen molar-refractivity contribution in [3.8, 4) is 6.07 Å². The van der Waals surface area contributed by atoms with Crippen LogP contribution in [-0.4, -0.2) is 17.5 Å². The van der Waals surface area contributed by atoms with Crippen LogP contribution in [0.25, 0.3) is 0 Å². The molecule has 1 amide bonds. The van der Waals surface area contributed by atoms with Crippen molar-refractivity contribution in [2.24, 2.45) is 5.73 Å². The summed E-state index contributed by atoms with van der Waals surface area (Å²) < 4.78 is 27.4. The monoisotopic (exact) mass is 276 g/mol. The summed E-state index contributed by atoms with van der Waals surface area (Å²) in [6.45, 7) is 0.301. The van der Waals surface area contributed by atoms with Crippen molar-refractivity contribution in [3.05, 3.63) is 53.3 Å². The molecule has 0 spiro atoms. The lowest BCUT2D eigenvalue weighted by Gasteiger charge is -2.24. The van der Waals surface area contributed by atoms with E-state index in [-0.39, 0.29) is 11.1 Å². The first-order valence-corrected chi connectivity index (χ1v) is 5.62. The molecule has 0 radical (unpaired) electrons. The highest BCUT2D eigenvalue weighted by Crippen LogP contribution is 2.22. The van der Waals surface area contributed by atoms with Crippen LogP contribution in [0.3, 0.4) is 0 Å². The van der Waals surface area contributed by atoms with E-state index in [0.29, 0.717) is 6.54 Å².